The molecule has 0 aliphatic heterocycles. The second kappa shape index (κ2) is 15.7. The normalized spacial score (nSPS) is 12.7. The van der Waals surface area contributed by atoms with Crippen molar-refractivity contribution in [2.75, 3.05) is 17.5 Å². The number of sulfonamides is 1. The standard InChI is InChI=1S/C31H36Cl3N3O5S/c1-5-21(4)35-31(39)27(6-2)36(19-24-25(33)11-10-12-26(24)34)30(38)20-37(28-13-8-9-14-29(28)42-7-3)43(40,41)23-17-15-22(32)16-18-23/h8-18,21,27H,5-7,19-20H2,1-4H3,(H,35,39). The summed E-state index contributed by atoms with van der Waals surface area (Å²) in [6, 6.07) is 16.1. The van der Waals surface area contributed by atoms with Crippen LogP contribution < -0.4 is 14.4 Å². The highest BCUT2D eigenvalue weighted by molar-refractivity contribution is 7.92. The van der Waals surface area contributed by atoms with Crippen LogP contribution >= 0.6 is 34.8 Å². The molecule has 0 spiro atoms. The maximum atomic E-state index is 14.3. The Morgan fingerprint density at radius 1 is 0.884 bits per heavy atom. The number of benzene rings is 3. The van der Waals surface area contributed by atoms with E-state index in [0.29, 0.717) is 27.1 Å². The van der Waals surface area contributed by atoms with Crippen LogP contribution in [0.2, 0.25) is 15.1 Å². The number of nitrogens with one attached hydrogen (secondary N) is 1. The van der Waals surface area contributed by atoms with Crippen LogP contribution in [0.5, 0.6) is 5.75 Å². The van der Waals surface area contributed by atoms with E-state index in [0.717, 1.165) is 4.31 Å². The third kappa shape index (κ3) is 8.56. The summed E-state index contributed by atoms with van der Waals surface area (Å²) in [5.41, 5.74) is 0.608. The highest BCUT2D eigenvalue weighted by Gasteiger charge is 2.35. The lowest BCUT2D eigenvalue weighted by molar-refractivity contribution is -0.140. The first-order valence-electron chi connectivity index (χ1n) is 14.0. The van der Waals surface area contributed by atoms with Crippen molar-refractivity contribution in [3.8, 4) is 5.75 Å². The van der Waals surface area contributed by atoms with Gasteiger partial charge in [-0.1, -0.05) is 66.8 Å². The molecular formula is C31H36Cl3N3O5S. The zero-order valence-electron chi connectivity index (χ0n) is 24.5. The number of hydrogen-bond donors (Lipinski definition) is 1. The monoisotopic (exact) mass is 667 g/mol. The number of amides is 2. The van der Waals surface area contributed by atoms with E-state index in [1.807, 2.05) is 13.8 Å². The number of hydrogen-bond acceptors (Lipinski definition) is 5. The number of anilines is 1. The van der Waals surface area contributed by atoms with Crippen LogP contribution in [-0.2, 0) is 26.2 Å². The van der Waals surface area contributed by atoms with Crippen LogP contribution in [0, 0.1) is 0 Å². The summed E-state index contributed by atoms with van der Waals surface area (Å²) in [5, 5.41) is 3.93. The molecule has 0 aliphatic rings. The van der Waals surface area contributed by atoms with E-state index < -0.39 is 28.5 Å². The Labute approximate surface area is 268 Å². The van der Waals surface area contributed by atoms with E-state index in [9.17, 15) is 18.0 Å². The average Bonchev–Trinajstić information content (AvgIpc) is 2.97. The highest BCUT2D eigenvalue weighted by Crippen LogP contribution is 2.34. The first-order chi connectivity index (χ1) is 20.4. The molecule has 0 radical (unpaired) electrons. The molecule has 43 heavy (non-hydrogen) atoms. The molecule has 0 bridgehead atoms. The lowest BCUT2D eigenvalue weighted by Gasteiger charge is -2.34. The smallest absolute Gasteiger partial charge is 0.264 e. The van der Waals surface area contributed by atoms with Gasteiger partial charge in [-0.25, -0.2) is 8.42 Å². The first-order valence-corrected chi connectivity index (χ1v) is 16.5. The summed E-state index contributed by atoms with van der Waals surface area (Å²) >= 11 is 19.0. The van der Waals surface area contributed by atoms with Crippen LogP contribution in [0.1, 0.15) is 46.1 Å². The van der Waals surface area contributed by atoms with Gasteiger partial charge in [0, 0.05) is 33.2 Å². The zero-order chi connectivity index (χ0) is 31.7. The van der Waals surface area contributed by atoms with Crippen molar-refractivity contribution in [3.05, 3.63) is 87.4 Å². The Bertz CT molecular complexity index is 1500. The van der Waals surface area contributed by atoms with Gasteiger partial charge in [-0.2, -0.15) is 0 Å². The van der Waals surface area contributed by atoms with E-state index in [2.05, 4.69) is 5.32 Å². The number of carbonyl (C=O) groups excluding carboxylic acids is 2. The molecule has 0 aromatic heterocycles. The van der Waals surface area contributed by atoms with E-state index in [1.165, 1.54) is 29.2 Å². The highest BCUT2D eigenvalue weighted by atomic mass is 35.5. The fourth-order valence-corrected chi connectivity index (χ4v) is 6.47. The molecule has 1 N–H and O–H groups in total. The number of rotatable bonds is 14. The summed E-state index contributed by atoms with van der Waals surface area (Å²) in [6.45, 7) is 6.87. The Balaban J connectivity index is 2.15. The van der Waals surface area contributed by atoms with Crippen molar-refractivity contribution < 1.29 is 22.7 Å². The van der Waals surface area contributed by atoms with Gasteiger partial charge in [-0.3, -0.25) is 13.9 Å². The molecular weight excluding hydrogens is 633 g/mol. The molecule has 12 heteroatoms. The number of carbonyl (C=O) groups is 2. The average molecular weight is 669 g/mol. The van der Waals surface area contributed by atoms with Crippen molar-refractivity contribution in [2.24, 2.45) is 0 Å². The lowest BCUT2D eigenvalue weighted by Crippen LogP contribution is -2.53. The predicted molar refractivity (Wildman–Crippen MR) is 173 cm³/mol. The third-order valence-electron chi connectivity index (χ3n) is 6.89. The second-order valence-electron chi connectivity index (χ2n) is 9.83. The largest absolute Gasteiger partial charge is 0.492 e. The van der Waals surface area contributed by atoms with Gasteiger partial charge in [-0.05, 0) is 75.2 Å². The molecule has 3 aromatic rings. The fraction of sp³-hybridized carbons (Fsp3) is 0.355. The van der Waals surface area contributed by atoms with Gasteiger partial charge >= 0.3 is 0 Å². The van der Waals surface area contributed by atoms with Crippen LogP contribution in [-0.4, -0.2) is 50.4 Å². The van der Waals surface area contributed by atoms with Crippen LogP contribution in [0.25, 0.3) is 0 Å². The molecule has 3 rings (SSSR count). The SMILES string of the molecule is CCOc1ccccc1N(CC(=O)N(Cc1c(Cl)cccc1Cl)C(CC)C(=O)NC(C)CC)S(=O)(=O)c1ccc(Cl)cc1. The number of halogens is 3. The van der Waals surface area contributed by atoms with Crippen molar-refractivity contribution in [1.82, 2.24) is 10.2 Å². The van der Waals surface area contributed by atoms with Crippen molar-refractivity contribution in [1.29, 1.82) is 0 Å². The van der Waals surface area contributed by atoms with E-state index in [4.69, 9.17) is 39.5 Å². The van der Waals surface area contributed by atoms with E-state index in [-0.39, 0.29) is 47.9 Å². The van der Waals surface area contributed by atoms with E-state index >= 15 is 0 Å². The second-order valence-corrected chi connectivity index (χ2v) is 12.9. The van der Waals surface area contributed by atoms with Crippen molar-refractivity contribution in [3.63, 3.8) is 0 Å². The number of para-hydroxylation sites is 2. The summed E-state index contributed by atoms with van der Waals surface area (Å²) in [7, 11) is -4.31. The molecule has 0 heterocycles. The minimum Gasteiger partial charge on any atom is -0.492 e. The molecule has 8 nitrogen and oxygen atoms in total. The Morgan fingerprint density at radius 3 is 2.09 bits per heavy atom. The molecule has 0 saturated heterocycles. The molecule has 3 aromatic carbocycles. The zero-order valence-corrected chi connectivity index (χ0v) is 27.6. The number of ether oxygens (including phenoxy) is 1. The van der Waals surface area contributed by atoms with Gasteiger partial charge in [0.25, 0.3) is 10.0 Å². The van der Waals surface area contributed by atoms with Crippen molar-refractivity contribution in [2.45, 2.75) is 64.1 Å². The van der Waals surface area contributed by atoms with Crippen LogP contribution in [0.3, 0.4) is 0 Å². The summed E-state index contributed by atoms with van der Waals surface area (Å²) in [6.07, 6.45) is 0.948. The Hall–Kier alpha value is -2.98. The molecule has 0 fully saturated rings. The fourth-order valence-electron chi connectivity index (χ4n) is 4.40. The molecule has 2 atom stereocenters. The Kier molecular flexibility index (Phi) is 12.6. The maximum Gasteiger partial charge on any atom is 0.264 e. The summed E-state index contributed by atoms with van der Waals surface area (Å²) in [4.78, 5) is 29.0. The summed E-state index contributed by atoms with van der Waals surface area (Å²) < 4.78 is 35.0. The van der Waals surface area contributed by atoms with Crippen molar-refractivity contribution >= 4 is 62.3 Å². The number of nitrogens with zero attached hydrogens (tertiary/aromatic N) is 2. The van der Waals surface area contributed by atoms with Gasteiger partial charge in [0.05, 0.1) is 17.2 Å². The molecule has 0 aliphatic carbocycles. The van der Waals surface area contributed by atoms with Gasteiger partial charge in [0.2, 0.25) is 11.8 Å². The van der Waals surface area contributed by atoms with Gasteiger partial charge in [0.1, 0.15) is 18.3 Å². The first kappa shape index (κ1) is 34.5. The van der Waals surface area contributed by atoms with Crippen LogP contribution in [0.15, 0.2) is 71.6 Å². The molecule has 0 saturated carbocycles. The molecule has 2 amide bonds. The lowest BCUT2D eigenvalue weighted by atomic mass is 10.1. The predicted octanol–water partition coefficient (Wildman–Crippen LogP) is 6.96. The van der Waals surface area contributed by atoms with Gasteiger partial charge < -0.3 is 15.0 Å². The Morgan fingerprint density at radius 2 is 1.51 bits per heavy atom. The van der Waals surface area contributed by atoms with Gasteiger partial charge in [0.15, 0.2) is 0 Å². The van der Waals surface area contributed by atoms with E-state index in [1.54, 1.807) is 56.3 Å². The third-order valence-corrected chi connectivity index (χ3v) is 9.63. The minimum absolute atomic E-state index is 0.0711. The molecule has 232 valence electrons. The maximum absolute atomic E-state index is 14.3. The topological polar surface area (TPSA) is 96.0 Å². The quantitative estimate of drug-likeness (QED) is 0.200. The van der Waals surface area contributed by atoms with Gasteiger partial charge in [-0.15, -0.1) is 0 Å². The van der Waals surface area contributed by atoms with Crippen LogP contribution in [0.4, 0.5) is 5.69 Å². The minimum atomic E-state index is -4.31. The molecule has 2 unspecified atom stereocenters. The summed E-state index contributed by atoms with van der Waals surface area (Å²) in [5.74, 6) is -0.723.